The number of ether oxygens (including phenoxy) is 6. The van der Waals surface area contributed by atoms with Crippen LogP contribution in [0.4, 0.5) is 5.69 Å². The van der Waals surface area contributed by atoms with E-state index < -0.39 is 29.7 Å². The minimum Gasteiger partial charge on any atom is -0.490 e. The first-order chi connectivity index (χ1) is 31.6. The number of piperidine rings is 1. The number of oxazole rings is 1. The third-order valence-electron chi connectivity index (χ3n) is 10.5. The van der Waals surface area contributed by atoms with Gasteiger partial charge in [0, 0.05) is 38.9 Å². The molecule has 0 saturated carbocycles. The van der Waals surface area contributed by atoms with Crippen molar-refractivity contribution in [1.29, 1.82) is 0 Å². The molecule has 0 spiro atoms. The van der Waals surface area contributed by atoms with E-state index in [1.54, 1.807) is 48.5 Å². The Kier molecular flexibility index (Phi) is 15.9. The van der Waals surface area contributed by atoms with Crippen molar-refractivity contribution in [2.24, 2.45) is 7.05 Å². The summed E-state index contributed by atoms with van der Waals surface area (Å²) in [6.07, 6.45) is 2.81. The third kappa shape index (κ3) is 11.7. The number of hydrogen-bond donors (Lipinski definition) is 1. The third-order valence-corrected chi connectivity index (χ3v) is 10.5. The Labute approximate surface area is 372 Å². The van der Waals surface area contributed by atoms with E-state index in [0.717, 1.165) is 15.4 Å². The number of rotatable bonds is 24. The average molecular weight is 896 g/mol. The van der Waals surface area contributed by atoms with Gasteiger partial charge in [0.05, 0.1) is 76.8 Å². The largest absolute Gasteiger partial charge is 0.490 e. The lowest BCUT2D eigenvalue weighted by Gasteiger charge is -2.32. The first-order valence-electron chi connectivity index (χ1n) is 21.1. The van der Waals surface area contributed by atoms with Crippen LogP contribution in [0, 0.1) is 0 Å². The molecule has 1 fully saturated rings. The molecule has 0 aliphatic carbocycles. The van der Waals surface area contributed by atoms with Crippen molar-refractivity contribution in [3.63, 3.8) is 0 Å². The monoisotopic (exact) mass is 895 g/mol. The van der Waals surface area contributed by atoms with Crippen molar-refractivity contribution >= 4 is 46.3 Å². The lowest BCUT2D eigenvalue weighted by atomic mass is 9.99. The first kappa shape index (κ1) is 46.3. The second-order valence-electron chi connectivity index (χ2n) is 14.9. The molecule has 2 aromatic carbocycles. The van der Waals surface area contributed by atoms with Gasteiger partial charge >= 0.3 is 0 Å². The molecule has 342 valence electrons. The summed E-state index contributed by atoms with van der Waals surface area (Å²) >= 11 is 0. The number of anilines is 1. The van der Waals surface area contributed by atoms with Gasteiger partial charge in [-0.3, -0.25) is 38.6 Å². The van der Waals surface area contributed by atoms with Gasteiger partial charge in [-0.1, -0.05) is 12.1 Å². The molecule has 5 amide bonds. The molecule has 5 heterocycles. The van der Waals surface area contributed by atoms with Crippen molar-refractivity contribution in [2.75, 3.05) is 85.0 Å². The van der Waals surface area contributed by atoms with Crippen LogP contribution in [-0.2, 0) is 46.7 Å². The number of nitrogens with one attached hydrogen (secondary N) is 1. The zero-order valence-electron chi connectivity index (χ0n) is 36.0. The molecule has 2 aliphatic heterocycles. The number of aryl methyl sites for hydroxylation is 2. The molecule has 1 saturated heterocycles. The van der Waals surface area contributed by atoms with Gasteiger partial charge in [-0.2, -0.15) is 5.10 Å². The van der Waals surface area contributed by atoms with Gasteiger partial charge in [-0.15, -0.1) is 0 Å². The Morgan fingerprint density at radius 2 is 1.48 bits per heavy atom. The Balaban J connectivity index is 0.667. The van der Waals surface area contributed by atoms with E-state index in [1.807, 2.05) is 0 Å². The van der Waals surface area contributed by atoms with Crippen molar-refractivity contribution in [1.82, 2.24) is 29.5 Å². The molecule has 0 radical (unpaired) electrons. The molecule has 20 heteroatoms. The number of carbonyl (C=O) groups excluding carboxylic acids is 5. The smallest absolute Gasteiger partial charge is 0.274 e. The quantitative estimate of drug-likeness (QED) is 0.0693. The fourth-order valence-electron chi connectivity index (χ4n) is 7.09. The Hall–Kier alpha value is -6.71. The second-order valence-corrected chi connectivity index (χ2v) is 14.9. The molecule has 2 aliphatic rings. The lowest BCUT2D eigenvalue weighted by molar-refractivity contribution is -0.149. The van der Waals surface area contributed by atoms with Crippen LogP contribution in [0.1, 0.15) is 56.0 Å². The summed E-state index contributed by atoms with van der Waals surface area (Å²) in [6, 6.07) is 15.3. The number of carbonyl (C=O) groups is 5. The van der Waals surface area contributed by atoms with Crippen LogP contribution < -0.4 is 15.6 Å². The van der Waals surface area contributed by atoms with Crippen LogP contribution in [0.5, 0.6) is 5.75 Å². The summed E-state index contributed by atoms with van der Waals surface area (Å²) in [7, 11) is 2.91. The maximum atomic E-state index is 13.3. The van der Waals surface area contributed by atoms with E-state index in [0.29, 0.717) is 113 Å². The molecular weight excluding hydrogens is 847 g/mol. The summed E-state index contributed by atoms with van der Waals surface area (Å²) in [5.74, 6) is -1.56. The number of aromatic nitrogens is 4. The van der Waals surface area contributed by atoms with Crippen LogP contribution in [0.2, 0.25) is 0 Å². The molecular formula is C45H49N7O13. The topological polar surface area (TPSA) is 233 Å². The number of imide groups is 2. The van der Waals surface area contributed by atoms with E-state index >= 15 is 0 Å². The van der Waals surface area contributed by atoms with Crippen LogP contribution in [0.15, 0.2) is 76.1 Å². The zero-order valence-corrected chi connectivity index (χ0v) is 36.0. The highest BCUT2D eigenvalue weighted by atomic mass is 16.6. The molecule has 1 unspecified atom stereocenters. The number of pyridine rings is 1. The highest BCUT2D eigenvalue weighted by Gasteiger charge is 2.46. The highest BCUT2D eigenvalue weighted by molar-refractivity contribution is 6.24. The van der Waals surface area contributed by atoms with Crippen molar-refractivity contribution in [3.05, 3.63) is 99.6 Å². The van der Waals surface area contributed by atoms with Gasteiger partial charge in [-0.05, 0) is 67.3 Å². The fraction of sp³-hybridized carbons (Fsp3) is 0.400. The van der Waals surface area contributed by atoms with Gasteiger partial charge in [0.25, 0.3) is 29.2 Å². The number of fused-ring (bicyclic) bond motifs is 2. The van der Waals surface area contributed by atoms with Gasteiger partial charge < -0.3 is 38.2 Å². The fourth-order valence-corrected chi connectivity index (χ4v) is 7.09. The zero-order chi connectivity index (χ0) is 45.7. The van der Waals surface area contributed by atoms with Gasteiger partial charge in [0.1, 0.15) is 35.3 Å². The van der Waals surface area contributed by atoms with E-state index in [4.69, 9.17) is 32.8 Å². The van der Waals surface area contributed by atoms with Gasteiger partial charge in [0.15, 0.2) is 5.58 Å². The Bertz CT molecular complexity index is 2560. The number of hydrogen-bond acceptors (Lipinski definition) is 16. The molecule has 0 bridgehead atoms. The molecule has 5 aromatic rings. The standard InChI is InChI=1S/C45H49N7O13/c1-50-38(53)15-12-36(44(50)57)52-43(56)32-7-3-5-29(40(32)45(52)58)6-4-16-59-17-18-60-19-20-61-21-22-62-23-24-63-25-26-64-31-9-10-33(46-28-31)41(55)47-30-8-13-37-35(27-30)48-42(65-37)34-11-14-39(54)51(2)49-34/h3,5,7-11,13-14,27-28,36H,4,6,12,15-26H2,1-2H3,(H,47,55). The van der Waals surface area contributed by atoms with Crippen LogP contribution in [-0.4, -0.2) is 145 Å². The summed E-state index contributed by atoms with van der Waals surface area (Å²) in [5, 5.41) is 6.96. The van der Waals surface area contributed by atoms with Crippen molar-refractivity contribution in [2.45, 2.75) is 31.7 Å². The van der Waals surface area contributed by atoms with Crippen LogP contribution >= 0.6 is 0 Å². The molecule has 7 rings (SSSR count). The Morgan fingerprint density at radius 1 is 0.785 bits per heavy atom. The van der Waals surface area contributed by atoms with Crippen LogP contribution in [0.3, 0.4) is 0 Å². The number of likely N-dealkylation sites (N-methyl/N-ethyl adjacent to an activating group) is 1. The molecule has 20 nitrogen and oxygen atoms in total. The van der Waals surface area contributed by atoms with E-state index in [-0.39, 0.29) is 48.1 Å². The average Bonchev–Trinajstić information content (AvgIpc) is 3.85. The van der Waals surface area contributed by atoms with E-state index in [1.165, 1.54) is 37.1 Å². The second kappa shape index (κ2) is 22.3. The molecule has 1 N–H and O–H groups in total. The molecule has 1 atom stereocenters. The van der Waals surface area contributed by atoms with Crippen molar-refractivity contribution in [3.8, 4) is 17.3 Å². The summed E-state index contributed by atoms with van der Waals surface area (Å²) in [5.41, 5.74) is 3.16. The van der Waals surface area contributed by atoms with E-state index in [2.05, 4.69) is 20.4 Å². The minimum atomic E-state index is -0.983. The SMILES string of the molecule is CN1C(=O)CCC(N2C(=O)c3cccc(CCCOCCOCCOCCOCCOCCOc4ccc(C(=O)Nc5ccc6oc(-c7ccc(=O)n(C)n7)nc6c5)nc4)c3C2=O)C1=O. The van der Waals surface area contributed by atoms with E-state index in [9.17, 15) is 28.8 Å². The predicted octanol–water partition coefficient (Wildman–Crippen LogP) is 3.07. The Morgan fingerprint density at radius 3 is 2.15 bits per heavy atom. The minimum absolute atomic E-state index is 0.0939. The van der Waals surface area contributed by atoms with Crippen LogP contribution in [0.25, 0.3) is 22.7 Å². The maximum Gasteiger partial charge on any atom is 0.274 e. The van der Waals surface area contributed by atoms with Gasteiger partial charge in [-0.25, -0.2) is 14.6 Å². The molecule has 65 heavy (non-hydrogen) atoms. The highest BCUT2D eigenvalue weighted by Crippen LogP contribution is 2.31. The number of nitrogens with zero attached hydrogens (tertiary/aromatic N) is 6. The van der Waals surface area contributed by atoms with Crippen molar-refractivity contribution < 1.29 is 56.8 Å². The van der Waals surface area contributed by atoms with Gasteiger partial charge in [0.2, 0.25) is 11.8 Å². The summed E-state index contributed by atoms with van der Waals surface area (Å²) in [4.78, 5) is 86.2. The normalized spacial score (nSPS) is 15.0. The predicted molar refractivity (Wildman–Crippen MR) is 230 cm³/mol. The lowest BCUT2D eigenvalue weighted by Crippen LogP contribution is -2.54. The maximum absolute atomic E-state index is 13.3. The first-order valence-corrected chi connectivity index (χ1v) is 21.1. The number of likely N-dealkylation sites (tertiary alicyclic amines) is 1. The summed E-state index contributed by atoms with van der Waals surface area (Å²) in [6.45, 7) is 4.20. The molecule has 3 aromatic heterocycles. The number of amides is 5. The number of benzene rings is 2. The summed E-state index contributed by atoms with van der Waals surface area (Å²) < 4.78 is 40.5.